The predicted octanol–water partition coefficient (Wildman–Crippen LogP) is 2.13. The second-order valence-electron chi connectivity index (χ2n) is 5.22. The van der Waals surface area contributed by atoms with Crippen LogP contribution in [0.3, 0.4) is 0 Å². The van der Waals surface area contributed by atoms with Crippen LogP contribution in [0.1, 0.15) is 16.8 Å². The van der Waals surface area contributed by atoms with Gasteiger partial charge in [-0.15, -0.1) is 12.4 Å². The summed E-state index contributed by atoms with van der Waals surface area (Å²) in [6.45, 7) is 2.14. The number of anilines is 1. The Morgan fingerprint density at radius 2 is 2.05 bits per heavy atom. The van der Waals surface area contributed by atoms with E-state index in [1.807, 2.05) is 36.2 Å². The highest BCUT2D eigenvalue weighted by atomic mass is 35.5. The van der Waals surface area contributed by atoms with Crippen LogP contribution in [0.15, 0.2) is 29.1 Å². The van der Waals surface area contributed by atoms with Gasteiger partial charge in [-0.3, -0.25) is 9.78 Å². The van der Waals surface area contributed by atoms with E-state index in [0.29, 0.717) is 24.1 Å². The van der Waals surface area contributed by atoms with E-state index < -0.39 is 0 Å². The first-order chi connectivity index (χ1) is 10.1. The summed E-state index contributed by atoms with van der Waals surface area (Å²) in [5, 5.41) is 3.96. The van der Waals surface area contributed by atoms with Crippen molar-refractivity contribution in [1.29, 1.82) is 0 Å². The molecule has 0 bridgehead atoms. The number of hydrogen-bond donors (Lipinski definition) is 2. The average molecular weight is 341 g/mol. The Hall–Kier alpha value is -1.56. The van der Waals surface area contributed by atoms with E-state index in [-0.39, 0.29) is 18.0 Å². The van der Waals surface area contributed by atoms with Crippen molar-refractivity contribution < 1.29 is 0 Å². The molecule has 22 heavy (non-hydrogen) atoms. The average Bonchev–Trinajstić information content (AvgIpc) is 2.49. The van der Waals surface area contributed by atoms with Crippen molar-refractivity contribution in [3.63, 3.8) is 0 Å². The van der Waals surface area contributed by atoms with E-state index in [9.17, 15) is 4.79 Å². The van der Waals surface area contributed by atoms with Gasteiger partial charge in [-0.05, 0) is 30.7 Å². The van der Waals surface area contributed by atoms with E-state index in [4.69, 9.17) is 11.6 Å². The molecule has 2 N–H and O–H groups in total. The molecule has 0 amide bonds. The number of H-pyrrole nitrogens is 1. The maximum atomic E-state index is 12.1. The van der Waals surface area contributed by atoms with E-state index in [2.05, 4.69) is 15.3 Å². The fourth-order valence-corrected chi connectivity index (χ4v) is 2.60. The molecule has 0 aliphatic carbocycles. The fourth-order valence-electron chi connectivity index (χ4n) is 2.47. The number of rotatable bonds is 3. The zero-order chi connectivity index (χ0) is 14.8. The molecule has 3 rings (SSSR count). The molecule has 0 saturated carbocycles. The van der Waals surface area contributed by atoms with Crippen molar-refractivity contribution in [2.24, 2.45) is 0 Å². The molecule has 0 unspecified atom stereocenters. The minimum Gasteiger partial charge on any atom is -0.341 e. The monoisotopic (exact) mass is 340 g/mol. The molecule has 118 valence electrons. The molecular formula is C15H18Cl2N4O. The van der Waals surface area contributed by atoms with Crippen LogP contribution in [-0.2, 0) is 19.5 Å². The molecule has 5 nitrogen and oxygen atoms in total. The number of aromatic amines is 1. The van der Waals surface area contributed by atoms with Crippen LogP contribution in [0.5, 0.6) is 0 Å². The molecule has 0 radical (unpaired) electrons. The third-order valence-corrected chi connectivity index (χ3v) is 3.88. The molecular weight excluding hydrogens is 323 g/mol. The number of fused-ring (bicyclic) bond motifs is 1. The van der Waals surface area contributed by atoms with Crippen LogP contribution in [0, 0.1) is 0 Å². The van der Waals surface area contributed by atoms with E-state index >= 15 is 0 Å². The van der Waals surface area contributed by atoms with Crippen molar-refractivity contribution in [2.75, 3.05) is 18.5 Å². The van der Waals surface area contributed by atoms with Gasteiger partial charge in [0, 0.05) is 30.7 Å². The van der Waals surface area contributed by atoms with Gasteiger partial charge in [0.1, 0.15) is 0 Å². The Balaban J connectivity index is 0.00000176. The lowest BCUT2D eigenvalue weighted by atomic mass is 10.1. The van der Waals surface area contributed by atoms with Crippen LogP contribution < -0.4 is 15.8 Å². The molecule has 7 heteroatoms. The van der Waals surface area contributed by atoms with Crippen LogP contribution in [0.2, 0.25) is 5.02 Å². The molecule has 2 heterocycles. The van der Waals surface area contributed by atoms with Gasteiger partial charge in [-0.2, -0.15) is 0 Å². The number of nitrogens with one attached hydrogen (secondary N) is 2. The zero-order valence-corrected chi connectivity index (χ0v) is 13.8. The van der Waals surface area contributed by atoms with E-state index in [0.717, 1.165) is 29.8 Å². The van der Waals surface area contributed by atoms with Gasteiger partial charge in [-0.1, -0.05) is 23.7 Å². The summed E-state index contributed by atoms with van der Waals surface area (Å²) in [5.74, 6) is 0.595. The highest BCUT2D eigenvalue weighted by Gasteiger charge is 2.16. The molecule has 0 atom stereocenters. The summed E-state index contributed by atoms with van der Waals surface area (Å²) in [6.07, 6.45) is 0.735. The second kappa shape index (κ2) is 7.13. The van der Waals surface area contributed by atoms with Gasteiger partial charge in [-0.25, -0.2) is 4.98 Å². The summed E-state index contributed by atoms with van der Waals surface area (Å²) in [5.41, 5.74) is 2.74. The number of aromatic nitrogens is 2. The summed E-state index contributed by atoms with van der Waals surface area (Å²) < 4.78 is 0. The second-order valence-corrected chi connectivity index (χ2v) is 5.66. The Morgan fingerprint density at radius 3 is 2.77 bits per heavy atom. The first kappa shape index (κ1) is 16.8. The quantitative estimate of drug-likeness (QED) is 0.898. The lowest BCUT2D eigenvalue weighted by Crippen LogP contribution is -2.33. The zero-order valence-electron chi connectivity index (χ0n) is 12.2. The summed E-state index contributed by atoms with van der Waals surface area (Å²) in [6, 6.07) is 7.66. The van der Waals surface area contributed by atoms with Gasteiger partial charge >= 0.3 is 0 Å². The van der Waals surface area contributed by atoms with Crippen LogP contribution >= 0.6 is 24.0 Å². The molecule has 0 fully saturated rings. The highest BCUT2D eigenvalue weighted by Crippen LogP contribution is 2.15. The Kier molecular flexibility index (Phi) is 5.45. The molecule has 0 saturated heterocycles. The highest BCUT2D eigenvalue weighted by molar-refractivity contribution is 6.30. The number of nitrogens with zero attached hydrogens (tertiary/aromatic N) is 2. The van der Waals surface area contributed by atoms with Crippen molar-refractivity contribution in [2.45, 2.75) is 19.5 Å². The molecule has 0 spiro atoms. The van der Waals surface area contributed by atoms with Crippen LogP contribution in [0.4, 0.5) is 5.95 Å². The molecule has 1 aromatic heterocycles. The Morgan fingerprint density at radius 1 is 1.32 bits per heavy atom. The summed E-state index contributed by atoms with van der Waals surface area (Å²) in [4.78, 5) is 21.5. The largest absolute Gasteiger partial charge is 0.341 e. The normalized spacial score (nSPS) is 13.2. The predicted molar refractivity (Wildman–Crippen MR) is 91.1 cm³/mol. The molecule has 1 aliphatic heterocycles. The maximum Gasteiger partial charge on any atom is 0.255 e. The van der Waals surface area contributed by atoms with Gasteiger partial charge in [0.2, 0.25) is 5.95 Å². The molecule has 1 aromatic carbocycles. The van der Waals surface area contributed by atoms with Crippen LogP contribution in [0.25, 0.3) is 0 Å². The minimum absolute atomic E-state index is 0. The molecule has 2 aromatic rings. The third-order valence-electron chi connectivity index (χ3n) is 3.63. The van der Waals surface area contributed by atoms with Crippen molar-refractivity contribution in [1.82, 2.24) is 15.3 Å². The number of hydrogen-bond acceptors (Lipinski definition) is 4. The Labute approximate surface area is 140 Å². The number of halogens is 2. The Bertz CT molecular complexity index is 700. The first-order valence-electron chi connectivity index (χ1n) is 6.92. The summed E-state index contributed by atoms with van der Waals surface area (Å²) in [7, 11) is 1.91. The van der Waals surface area contributed by atoms with Crippen molar-refractivity contribution >= 4 is 30.0 Å². The SMILES string of the molecule is CN(Cc1ccc(Cl)cc1)c1nc2c(c(=O)[nH]1)CCNC2.Cl. The van der Waals surface area contributed by atoms with Gasteiger partial charge in [0.15, 0.2) is 0 Å². The summed E-state index contributed by atoms with van der Waals surface area (Å²) >= 11 is 5.88. The van der Waals surface area contributed by atoms with Gasteiger partial charge in [0.25, 0.3) is 5.56 Å². The standard InChI is InChI=1S/C15H17ClN4O.ClH/c1-20(9-10-2-4-11(16)5-3-10)15-18-13-8-17-7-6-12(13)14(21)19-15;/h2-5,17H,6-9H2,1H3,(H,18,19,21);1H. The lowest BCUT2D eigenvalue weighted by Gasteiger charge is -2.21. The van der Waals surface area contributed by atoms with Crippen molar-refractivity contribution in [3.8, 4) is 0 Å². The van der Waals surface area contributed by atoms with E-state index in [1.165, 1.54) is 0 Å². The van der Waals surface area contributed by atoms with Gasteiger partial charge < -0.3 is 10.2 Å². The first-order valence-corrected chi connectivity index (χ1v) is 7.29. The maximum absolute atomic E-state index is 12.1. The third kappa shape index (κ3) is 3.61. The van der Waals surface area contributed by atoms with Gasteiger partial charge in [0.05, 0.1) is 5.69 Å². The smallest absolute Gasteiger partial charge is 0.255 e. The minimum atomic E-state index is -0.0283. The topological polar surface area (TPSA) is 61.0 Å². The number of benzene rings is 1. The van der Waals surface area contributed by atoms with Crippen LogP contribution in [-0.4, -0.2) is 23.6 Å². The van der Waals surface area contributed by atoms with Crippen molar-refractivity contribution in [3.05, 3.63) is 56.5 Å². The lowest BCUT2D eigenvalue weighted by molar-refractivity contribution is 0.616. The molecule has 1 aliphatic rings. The van der Waals surface area contributed by atoms with E-state index in [1.54, 1.807) is 0 Å². The fraction of sp³-hybridized carbons (Fsp3) is 0.333.